The molecule has 17 nitrogen and oxygen atoms in total. The number of aliphatic hydroxyl groups excluding tert-OH is 2. The fourth-order valence-corrected chi connectivity index (χ4v) is 4.43. The Morgan fingerprint density at radius 1 is 1.12 bits per heavy atom. The molecule has 226 valence electrons. The van der Waals surface area contributed by atoms with Crippen molar-refractivity contribution in [1.29, 1.82) is 0 Å². The van der Waals surface area contributed by atoms with Crippen molar-refractivity contribution in [2.75, 3.05) is 32.0 Å². The van der Waals surface area contributed by atoms with Crippen LogP contribution in [0.15, 0.2) is 12.7 Å². The zero-order chi connectivity index (χ0) is 30.2. The SMILES string of the molecule is CCN(CC)CC.C[C@H](N)C(=O)N[C@@H](C)C(=O)NS(=O)(=O)OC[C@H]1O[C@@H](n2cnc3c(N)ncnc32)[C@H](O)[C@@H]1O. The minimum atomic E-state index is -4.63. The lowest BCUT2D eigenvalue weighted by atomic mass is 10.1. The van der Waals surface area contributed by atoms with Crippen LogP contribution in [-0.2, 0) is 28.8 Å². The van der Waals surface area contributed by atoms with E-state index in [-0.39, 0.29) is 17.0 Å². The first kappa shape index (κ1) is 33.2. The van der Waals surface area contributed by atoms with E-state index in [0.717, 1.165) is 0 Å². The maximum Gasteiger partial charge on any atom is 0.362 e. The molecule has 2 amide bonds. The van der Waals surface area contributed by atoms with E-state index in [1.807, 2.05) is 0 Å². The highest BCUT2D eigenvalue weighted by molar-refractivity contribution is 7.85. The predicted molar refractivity (Wildman–Crippen MR) is 143 cm³/mol. The third-order valence-electron chi connectivity index (χ3n) is 6.12. The van der Waals surface area contributed by atoms with Gasteiger partial charge >= 0.3 is 10.3 Å². The zero-order valence-corrected chi connectivity index (χ0v) is 23.9. The Morgan fingerprint density at radius 2 is 1.75 bits per heavy atom. The van der Waals surface area contributed by atoms with Gasteiger partial charge in [-0.3, -0.25) is 18.3 Å². The van der Waals surface area contributed by atoms with Gasteiger partial charge < -0.3 is 36.6 Å². The van der Waals surface area contributed by atoms with Crippen molar-refractivity contribution in [2.24, 2.45) is 5.73 Å². The van der Waals surface area contributed by atoms with Gasteiger partial charge in [-0.25, -0.2) is 19.7 Å². The van der Waals surface area contributed by atoms with Gasteiger partial charge in [0.05, 0.1) is 19.0 Å². The van der Waals surface area contributed by atoms with Gasteiger partial charge in [-0.05, 0) is 33.5 Å². The van der Waals surface area contributed by atoms with Crippen LogP contribution in [0.5, 0.6) is 0 Å². The van der Waals surface area contributed by atoms with Crippen molar-refractivity contribution in [2.45, 2.75) is 71.2 Å². The van der Waals surface area contributed by atoms with Crippen molar-refractivity contribution in [3.63, 3.8) is 0 Å². The number of aromatic nitrogens is 4. The van der Waals surface area contributed by atoms with E-state index in [2.05, 4.69) is 45.9 Å². The summed E-state index contributed by atoms with van der Waals surface area (Å²) in [7, 11) is -4.63. The summed E-state index contributed by atoms with van der Waals surface area (Å²) in [6, 6.07) is -2.12. The molecule has 2 aromatic heterocycles. The molecule has 1 aliphatic rings. The number of nitrogen functional groups attached to an aromatic ring is 1. The summed E-state index contributed by atoms with van der Waals surface area (Å²) in [5.74, 6) is -1.63. The number of nitrogens with two attached hydrogens (primary N) is 2. The summed E-state index contributed by atoms with van der Waals surface area (Å²) in [6.45, 7) is 12.0. The topological polar surface area (TPSA) is 250 Å². The molecule has 0 unspecified atom stereocenters. The van der Waals surface area contributed by atoms with Gasteiger partial charge in [-0.15, -0.1) is 0 Å². The van der Waals surface area contributed by atoms with Crippen LogP contribution in [0, 0.1) is 0 Å². The molecule has 0 aromatic carbocycles. The number of nitrogens with one attached hydrogen (secondary N) is 2. The summed E-state index contributed by atoms with van der Waals surface area (Å²) in [4.78, 5) is 37.8. The molecule has 1 aliphatic heterocycles. The quantitative estimate of drug-likeness (QED) is 0.160. The number of amides is 2. The first-order chi connectivity index (χ1) is 18.8. The maximum absolute atomic E-state index is 12.1. The Bertz CT molecular complexity index is 1230. The van der Waals surface area contributed by atoms with E-state index >= 15 is 0 Å². The lowest BCUT2D eigenvalue weighted by Gasteiger charge is -2.17. The number of nitrogens with zero attached hydrogens (tertiary/aromatic N) is 5. The number of hydrogen-bond acceptors (Lipinski definition) is 14. The minimum Gasteiger partial charge on any atom is -0.387 e. The van der Waals surface area contributed by atoms with Crippen LogP contribution < -0.4 is 21.5 Å². The van der Waals surface area contributed by atoms with Crippen molar-refractivity contribution in [1.82, 2.24) is 34.5 Å². The number of carbonyl (C=O) groups is 2. The monoisotopic (exact) mass is 589 g/mol. The van der Waals surface area contributed by atoms with E-state index in [9.17, 15) is 28.2 Å². The normalized spacial score (nSPS) is 22.4. The second-order valence-corrected chi connectivity index (χ2v) is 10.3. The van der Waals surface area contributed by atoms with Crippen molar-refractivity contribution in [3.05, 3.63) is 12.7 Å². The highest BCUT2D eigenvalue weighted by atomic mass is 32.2. The van der Waals surface area contributed by atoms with Crippen LogP contribution in [0.25, 0.3) is 11.2 Å². The molecule has 2 aromatic rings. The van der Waals surface area contributed by atoms with E-state index < -0.39 is 65.3 Å². The predicted octanol–water partition coefficient (Wildman–Crippen LogP) is -2.39. The molecule has 8 N–H and O–H groups in total. The Morgan fingerprint density at radius 3 is 2.30 bits per heavy atom. The van der Waals surface area contributed by atoms with Gasteiger partial charge in [0.1, 0.15) is 36.2 Å². The van der Waals surface area contributed by atoms with Gasteiger partial charge in [0.25, 0.3) is 5.91 Å². The molecule has 0 aliphatic carbocycles. The molecule has 3 rings (SSSR count). The molecule has 3 heterocycles. The fraction of sp³-hybridized carbons (Fsp3) is 0.682. The smallest absolute Gasteiger partial charge is 0.362 e. The maximum atomic E-state index is 12.1. The van der Waals surface area contributed by atoms with Crippen LogP contribution in [0.3, 0.4) is 0 Å². The summed E-state index contributed by atoms with van der Waals surface area (Å²) in [5.41, 5.74) is 11.6. The molecule has 6 atom stereocenters. The third kappa shape index (κ3) is 8.50. The average Bonchev–Trinajstić information content (AvgIpc) is 3.45. The van der Waals surface area contributed by atoms with Crippen LogP contribution in [0.1, 0.15) is 40.8 Å². The summed E-state index contributed by atoms with van der Waals surface area (Å²) >= 11 is 0. The second-order valence-electron chi connectivity index (χ2n) is 8.97. The Kier molecular flexibility index (Phi) is 12.1. The minimum absolute atomic E-state index is 0.0971. The van der Waals surface area contributed by atoms with Gasteiger partial charge in [0, 0.05) is 0 Å². The number of imidazole rings is 1. The zero-order valence-electron chi connectivity index (χ0n) is 23.1. The Balaban J connectivity index is 0.000000708. The second kappa shape index (κ2) is 14.6. The molecule has 0 spiro atoms. The van der Waals surface area contributed by atoms with Crippen LogP contribution >= 0.6 is 0 Å². The molecule has 0 saturated carbocycles. The van der Waals surface area contributed by atoms with Gasteiger partial charge in [-0.1, -0.05) is 20.8 Å². The first-order valence-corrected chi connectivity index (χ1v) is 14.1. The van der Waals surface area contributed by atoms with Gasteiger partial charge in [0.15, 0.2) is 17.7 Å². The van der Waals surface area contributed by atoms with Crippen LogP contribution in [0.4, 0.5) is 5.82 Å². The number of rotatable bonds is 11. The lowest BCUT2D eigenvalue weighted by Crippen LogP contribution is -2.50. The summed E-state index contributed by atoms with van der Waals surface area (Å²) in [6.07, 6.45) is -3.04. The van der Waals surface area contributed by atoms with E-state index in [4.69, 9.17) is 20.4 Å². The van der Waals surface area contributed by atoms with Crippen molar-refractivity contribution >= 4 is 39.1 Å². The summed E-state index contributed by atoms with van der Waals surface area (Å²) in [5, 5.41) is 22.9. The third-order valence-corrected chi connectivity index (χ3v) is 7.02. The molecule has 0 bridgehead atoms. The highest BCUT2D eigenvalue weighted by Crippen LogP contribution is 2.32. The first-order valence-electron chi connectivity index (χ1n) is 12.7. The van der Waals surface area contributed by atoms with Crippen molar-refractivity contribution < 1.29 is 37.1 Å². The fourth-order valence-electron chi connectivity index (χ4n) is 3.63. The molecule has 18 heteroatoms. The molecule has 0 radical (unpaired) electrons. The van der Waals surface area contributed by atoms with E-state index in [0.29, 0.717) is 0 Å². The number of ether oxygens (including phenoxy) is 1. The van der Waals surface area contributed by atoms with E-state index in [1.54, 1.807) is 4.72 Å². The van der Waals surface area contributed by atoms with Crippen LogP contribution in [0.2, 0.25) is 0 Å². The van der Waals surface area contributed by atoms with Gasteiger partial charge in [-0.2, -0.15) is 8.42 Å². The molecular weight excluding hydrogens is 550 g/mol. The largest absolute Gasteiger partial charge is 0.387 e. The van der Waals surface area contributed by atoms with Crippen molar-refractivity contribution in [3.8, 4) is 0 Å². The Hall–Kier alpha value is -3.00. The molecule has 40 heavy (non-hydrogen) atoms. The summed E-state index contributed by atoms with van der Waals surface area (Å²) < 4.78 is 37.4. The lowest BCUT2D eigenvalue weighted by molar-refractivity contribution is -0.128. The number of fused-ring (bicyclic) bond motifs is 1. The standard InChI is InChI=1S/C16H24N8O8S.C6H15N/c1-6(17)14(27)22-7(2)15(28)23-33(29,30)31-3-8-10(25)11(26)16(32-8)24-5-21-9-12(18)19-4-20-13(9)24;1-4-7(5-2)6-3/h4-8,10-11,16,25-26H,3,17H2,1-2H3,(H,22,27)(H,23,28)(H2,18,19,20);4-6H2,1-3H3/t6-,7-,8+,10+,11+,16+;/m0./s1. The number of carbonyl (C=O) groups excluding carboxylic acids is 2. The molecule has 1 fully saturated rings. The van der Waals surface area contributed by atoms with Gasteiger partial charge in [0.2, 0.25) is 5.91 Å². The number of anilines is 1. The number of hydrogen-bond donors (Lipinski definition) is 6. The Labute approximate surface area is 232 Å². The number of aliphatic hydroxyl groups is 2. The van der Waals surface area contributed by atoms with Crippen LogP contribution in [-0.4, -0.2) is 112 Å². The molecular formula is C22H39N9O8S. The van der Waals surface area contributed by atoms with E-state index in [1.165, 1.54) is 50.7 Å². The highest BCUT2D eigenvalue weighted by Gasteiger charge is 2.45. The molecule has 1 saturated heterocycles. The average molecular weight is 590 g/mol.